The molecule has 3 heteroatoms. The topological polar surface area (TPSA) is 46.3 Å². The molecule has 0 heterocycles. The molecule has 72 valence electrons. The van der Waals surface area contributed by atoms with Crippen molar-refractivity contribution < 1.29 is 4.79 Å². The van der Waals surface area contributed by atoms with Crippen LogP contribution in [-0.2, 0) is 4.79 Å². The molecule has 3 nitrogen and oxygen atoms in total. The van der Waals surface area contributed by atoms with Gasteiger partial charge in [0.2, 0.25) is 5.91 Å². The van der Waals surface area contributed by atoms with Crippen LogP contribution in [0.2, 0.25) is 0 Å². The Labute approximate surface area is 74.9 Å². The van der Waals surface area contributed by atoms with Crippen molar-refractivity contribution in [2.45, 2.75) is 46.2 Å². The van der Waals surface area contributed by atoms with E-state index in [4.69, 9.17) is 5.73 Å². The maximum Gasteiger partial charge on any atom is 0.219 e. The molecule has 0 spiro atoms. The average Bonchev–Trinajstić information content (AvgIpc) is 1.86. The normalized spacial score (nSPS) is 14.2. The lowest BCUT2D eigenvalue weighted by Gasteiger charge is -2.40. The molecular formula is C9H20N2O. The van der Waals surface area contributed by atoms with E-state index >= 15 is 0 Å². The standard InChI is InChI=1S/C9H20N2O/c1-6-11(8(3)12)9(4,5)7(2)10/h7H,6,10H2,1-5H3/t7-/m1/s1. The number of likely N-dealkylation sites (N-methyl/N-ethyl adjacent to an activating group) is 1. The number of hydrogen-bond donors (Lipinski definition) is 1. The fraction of sp³-hybridized carbons (Fsp3) is 0.889. The molecule has 0 saturated heterocycles. The van der Waals surface area contributed by atoms with Gasteiger partial charge >= 0.3 is 0 Å². The quantitative estimate of drug-likeness (QED) is 0.689. The monoisotopic (exact) mass is 172 g/mol. The number of hydrogen-bond acceptors (Lipinski definition) is 2. The van der Waals surface area contributed by atoms with Crippen LogP contribution < -0.4 is 5.73 Å². The molecule has 0 aromatic carbocycles. The largest absolute Gasteiger partial charge is 0.337 e. The fourth-order valence-electron chi connectivity index (χ4n) is 1.28. The zero-order chi connectivity index (χ0) is 9.94. The van der Waals surface area contributed by atoms with Crippen molar-refractivity contribution in [3.8, 4) is 0 Å². The molecule has 0 unspecified atom stereocenters. The van der Waals surface area contributed by atoms with E-state index in [1.165, 1.54) is 0 Å². The Morgan fingerprint density at radius 1 is 1.58 bits per heavy atom. The van der Waals surface area contributed by atoms with Gasteiger partial charge in [-0.3, -0.25) is 4.79 Å². The summed E-state index contributed by atoms with van der Waals surface area (Å²) in [6.07, 6.45) is 0. The van der Waals surface area contributed by atoms with Gasteiger partial charge in [0.15, 0.2) is 0 Å². The van der Waals surface area contributed by atoms with Crippen LogP contribution in [0.25, 0.3) is 0 Å². The van der Waals surface area contributed by atoms with E-state index < -0.39 is 0 Å². The smallest absolute Gasteiger partial charge is 0.219 e. The van der Waals surface area contributed by atoms with Crippen LogP contribution in [0, 0.1) is 0 Å². The van der Waals surface area contributed by atoms with Crippen molar-refractivity contribution in [2.75, 3.05) is 6.54 Å². The number of nitrogens with two attached hydrogens (primary N) is 1. The number of amides is 1. The Balaban J connectivity index is 4.59. The van der Waals surface area contributed by atoms with Gasteiger partial charge in [0.1, 0.15) is 0 Å². The minimum atomic E-state index is -0.249. The molecule has 1 amide bonds. The second kappa shape index (κ2) is 3.90. The third kappa shape index (κ3) is 2.21. The van der Waals surface area contributed by atoms with Crippen LogP contribution in [-0.4, -0.2) is 28.9 Å². The average molecular weight is 172 g/mol. The van der Waals surface area contributed by atoms with Crippen LogP contribution in [0.4, 0.5) is 0 Å². The van der Waals surface area contributed by atoms with Gasteiger partial charge in [-0.2, -0.15) is 0 Å². The molecule has 0 fully saturated rings. The summed E-state index contributed by atoms with van der Waals surface area (Å²) in [6, 6.07) is -0.0126. The lowest BCUT2D eigenvalue weighted by molar-refractivity contribution is -0.134. The predicted molar refractivity (Wildman–Crippen MR) is 50.8 cm³/mol. The van der Waals surface area contributed by atoms with Gasteiger partial charge in [0.25, 0.3) is 0 Å². The van der Waals surface area contributed by atoms with Crippen molar-refractivity contribution in [1.29, 1.82) is 0 Å². The summed E-state index contributed by atoms with van der Waals surface area (Å²) in [5.74, 6) is 0.0831. The first kappa shape index (κ1) is 11.4. The van der Waals surface area contributed by atoms with Crippen LogP contribution in [0.5, 0.6) is 0 Å². The molecule has 0 rings (SSSR count). The molecule has 0 bridgehead atoms. The molecule has 12 heavy (non-hydrogen) atoms. The highest BCUT2D eigenvalue weighted by Gasteiger charge is 2.30. The van der Waals surface area contributed by atoms with E-state index in [1.807, 2.05) is 27.7 Å². The SMILES string of the molecule is CCN(C(C)=O)C(C)(C)[C@@H](C)N. The second-order valence-corrected chi connectivity index (χ2v) is 3.71. The number of carbonyl (C=O) groups is 1. The Morgan fingerprint density at radius 3 is 2.08 bits per heavy atom. The number of rotatable bonds is 3. The third-order valence-corrected chi connectivity index (χ3v) is 2.51. The third-order valence-electron chi connectivity index (χ3n) is 2.51. The Bertz CT molecular complexity index is 164. The molecule has 0 aliphatic heterocycles. The van der Waals surface area contributed by atoms with E-state index in [9.17, 15) is 4.79 Å². The van der Waals surface area contributed by atoms with Crippen molar-refractivity contribution in [1.82, 2.24) is 4.90 Å². The molecular weight excluding hydrogens is 152 g/mol. The van der Waals surface area contributed by atoms with Crippen LogP contribution in [0.15, 0.2) is 0 Å². The van der Waals surface area contributed by atoms with Gasteiger partial charge < -0.3 is 10.6 Å². The van der Waals surface area contributed by atoms with E-state index in [0.717, 1.165) is 0 Å². The molecule has 1 atom stereocenters. The molecule has 0 aromatic rings. The van der Waals surface area contributed by atoms with E-state index in [2.05, 4.69) is 0 Å². The lowest BCUT2D eigenvalue weighted by Crippen LogP contribution is -2.56. The predicted octanol–water partition coefficient (Wildman–Crippen LogP) is 0.981. The van der Waals surface area contributed by atoms with E-state index in [-0.39, 0.29) is 17.5 Å². The maximum atomic E-state index is 11.2. The summed E-state index contributed by atoms with van der Waals surface area (Å²) in [5, 5.41) is 0. The van der Waals surface area contributed by atoms with Gasteiger partial charge in [-0.1, -0.05) is 0 Å². The summed E-state index contributed by atoms with van der Waals surface area (Å²) < 4.78 is 0. The van der Waals surface area contributed by atoms with Crippen molar-refractivity contribution in [3.63, 3.8) is 0 Å². The fourth-order valence-corrected chi connectivity index (χ4v) is 1.28. The first-order valence-corrected chi connectivity index (χ1v) is 4.37. The Hall–Kier alpha value is -0.570. The number of carbonyl (C=O) groups excluding carboxylic acids is 1. The van der Waals surface area contributed by atoms with Crippen molar-refractivity contribution >= 4 is 5.91 Å². The molecule has 0 radical (unpaired) electrons. The summed E-state index contributed by atoms with van der Waals surface area (Å²) >= 11 is 0. The first-order chi connectivity index (χ1) is 5.34. The molecule has 0 saturated carbocycles. The number of nitrogens with zero attached hydrogens (tertiary/aromatic N) is 1. The first-order valence-electron chi connectivity index (χ1n) is 4.37. The highest BCUT2D eigenvalue weighted by Crippen LogP contribution is 2.17. The van der Waals surface area contributed by atoms with E-state index in [0.29, 0.717) is 6.54 Å². The van der Waals surface area contributed by atoms with E-state index in [1.54, 1.807) is 11.8 Å². The van der Waals surface area contributed by atoms with Crippen LogP contribution >= 0.6 is 0 Å². The molecule has 2 N–H and O–H groups in total. The van der Waals surface area contributed by atoms with Crippen LogP contribution in [0.1, 0.15) is 34.6 Å². The van der Waals surface area contributed by atoms with Gasteiger partial charge in [0.05, 0.1) is 5.54 Å². The van der Waals surface area contributed by atoms with Crippen molar-refractivity contribution in [3.05, 3.63) is 0 Å². The summed E-state index contributed by atoms with van der Waals surface area (Å²) in [5.41, 5.74) is 5.54. The van der Waals surface area contributed by atoms with Gasteiger partial charge in [-0.05, 0) is 27.7 Å². The van der Waals surface area contributed by atoms with Crippen LogP contribution in [0.3, 0.4) is 0 Å². The zero-order valence-corrected chi connectivity index (χ0v) is 8.72. The summed E-state index contributed by atoms with van der Waals surface area (Å²) in [6.45, 7) is 10.2. The highest BCUT2D eigenvalue weighted by molar-refractivity contribution is 5.74. The second-order valence-electron chi connectivity index (χ2n) is 3.71. The minimum Gasteiger partial charge on any atom is -0.337 e. The van der Waals surface area contributed by atoms with Gasteiger partial charge in [0, 0.05) is 19.5 Å². The molecule has 0 aromatic heterocycles. The molecule has 0 aliphatic rings. The summed E-state index contributed by atoms with van der Waals surface area (Å²) in [4.78, 5) is 13.0. The lowest BCUT2D eigenvalue weighted by atomic mass is 9.94. The zero-order valence-electron chi connectivity index (χ0n) is 8.72. The Kier molecular flexibility index (Phi) is 3.71. The highest BCUT2D eigenvalue weighted by atomic mass is 16.2. The summed E-state index contributed by atoms with van der Waals surface area (Å²) in [7, 11) is 0. The maximum absolute atomic E-state index is 11.2. The van der Waals surface area contributed by atoms with Gasteiger partial charge in [-0.15, -0.1) is 0 Å². The van der Waals surface area contributed by atoms with Gasteiger partial charge in [-0.25, -0.2) is 0 Å². The van der Waals surface area contributed by atoms with Crippen molar-refractivity contribution in [2.24, 2.45) is 5.73 Å². The molecule has 0 aliphatic carbocycles. The minimum absolute atomic E-state index is 0.0126. The Morgan fingerprint density at radius 2 is 2.00 bits per heavy atom.